The number of nitrogens with zero attached hydrogens (tertiary/aromatic N) is 1. The fraction of sp³-hybridized carbons (Fsp3) is 0.250. The molecule has 2 heterocycles. The van der Waals surface area contributed by atoms with Crippen LogP contribution in [0.3, 0.4) is 0 Å². The molecule has 0 atom stereocenters. The number of aromatic nitrogens is 1. The number of hydrogen-bond acceptors (Lipinski definition) is 3. The summed E-state index contributed by atoms with van der Waals surface area (Å²) in [7, 11) is 0. The number of benzene rings is 1. The average Bonchev–Trinajstić information content (AvgIpc) is 2.47. The number of pyridine rings is 1. The van der Waals surface area contributed by atoms with Gasteiger partial charge >= 0.3 is 0 Å². The third-order valence-corrected chi connectivity index (χ3v) is 3.60. The molecule has 0 unspecified atom stereocenters. The van der Waals surface area contributed by atoms with Gasteiger partial charge < -0.3 is 5.32 Å². The van der Waals surface area contributed by atoms with Crippen molar-refractivity contribution in [2.75, 3.05) is 11.9 Å². The van der Waals surface area contributed by atoms with E-state index in [0.29, 0.717) is 23.5 Å². The number of ketones is 1. The molecule has 20 heavy (non-hydrogen) atoms. The summed E-state index contributed by atoms with van der Waals surface area (Å²) in [6, 6.07) is 11.1. The van der Waals surface area contributed by atoms with E-state index >= 15 is 0 Å². The van der Waals surface area contributed by atoms with Crippen LogP contribution in [0.25, 0.3) is 11.1 Å². The van der Waals surface area contributed by atoms with Gasteiger partial charge in [-0.15, -0.1) is 0 Å². The van der Waals surface area contributed by atoms with Gasteiger partial charge in [-0.2, -0.15) is 0 Å². The van der Waals surface area contributed by atoms with Crippen LogP contribution in [-0.2, 0) is 6.54 Å². The lowest BCUT2D eigenvalue weighted by molar-refractivity contribution is 0.101. The number of hydrogen-bond donors (Lipinski definition) is 1. The first-order chi connectivity index (χ1) is 9.68. The highest BCUT2D eigenvalue weighted by Gasteiger charge is 2.21. The number of rotatable bonds is 2. The predicted octanol–water partition coefficient (Wildman–Crippen LogP) is 2.53. The van der Waals surface area contributed by atoms with Crippen LogP contribution in [0.5, 0.6) is 0 Å². The van der Waals surface area contributed by atoms with E-state index in [4.69, 9.17) is 0 Å². The van der Waals surface area contributed by atoms with Crippen molar-refractivity contribution in [2.45, 2.75) is 19.9 Å². The Morgan fingerprint density at radius 1 is 1.25 bits per heavy atom. The van der Waals surface area contributed by atoms with Gasteiger partial charge in [-0.05, 0) is 18.9 Å². The topological polar surface area (TPSA) is 51.1 Å². The first-order valence-electron chi connectivity index (χ1n) is 6.76. The molecule has 1 aromatic heterocycles. The van der Waals surface area contributed by atoms with Gasteiger partial charge in [-0.1, -0.05) is 30.3 Å². The first-order valence-corrected chi connectivity index (χ1v) is 6.76. The fourth-order valence-corrected chi connectivity index (χ4v) is 2.70. The number of Topliss-reactive ketones (excluding diaryl/α,β-unsaturated/α-hetero) is 1. The highest BCUT2D eigenvalue weighted by atomic mass is 16.1. The van der Waals surface area contributed by atoms with E-state index < -0.39 is 0 Å². The molecule has 0 radical (unpaired) electrons. The van der Waals surface area contributed by atoms with Gasteiger partial charge in [0.1, 0.15) is 5.82 Å². The van der Waals surface area contributed by atoms with Crippen molar-refractivity contribution < 1.29 is 4.79 Å². The van der Waals surface area contributed by atoms with E-state index in [0.717, 1.165) is 18.5 Å². The summed E-state index contributed by atoms with van der Waals surface area (Å²) in [5.41, 5.74) is 2.15. The Hall–Kier alpha value is -2.36. The van der Waals surface area contributed by atoms with Crippen LogP contribution in [0, 0.1) is 0 Å². The van der Waals surface area contributed by atoms with Gasteiger partial charge in [0.05, 0.1) is 5.56 Å². The first kappa shape index (κ1) is 12.7. The molecule has 0 spiro atoms. The van der Waals surface area contributed by atoms with Crippen LogP contribution in [-0.4, -0.2) is 16.9 Å². The molecule has 1 aliphatic heterocycles. The summed E-state index contributed by atoms with van der Waals surface area (Å²) in [5.74, 6) is 0.636. The lowest BCUT2D eigenvalue weighted by Gasteiger charge is -2.24. The van der Waals surface area contributed by atoms with Crippen molar-refractivity contribution in [3.63, 3.8) is 0 Å². The summed E-state index contributed by atoms with van der Waals surface area (Å²) in [6.45, 7) is 3.00. The summed E-state index contributed by atoms with van der Waals surface area (Å²) in [5, 5.41) is 3.21. The second-order valence-corrected chi connectivity index (χ2v) is 4.97. The standard InChI is InChI=1S/C16H16N2O2/c1-11(19)15-13(12-6-3-2-4-7-12)10-14(20)18-9-5-8-17-16(15)18/h2-4,6-7,10,17H,5,8-9H2,1H3. The van der Waals surface area contributed by atoms with Crippen LogP contribution in [0.4, 0.5) is 5.82 Å². The molecule has 0 fully saturated rings. The molecule has 1 aliphatic rings. The molecule has 3 rings (SSSR count). The van der Waals surface area contributed by atoms with Gasteiger partial charge in [-0.25, -0.2) is 0 Å². The van der Waals surface area contributed by atoms with Crippen LogP contribution in [0.15, 0.2) is 41.2 Å². The van der Waals surface area contributed by atoms with Gasteiger partial charge in [0, 0.05) is 24.7 Å². The zero-order valence-corrected chi connectivity index (χ0v) is 11.3. The van der Waals surface area contributed by atoms with Crippen LogP contribution in [0.1, 0.15) is 23.7 Å². The molecule has 0 aliphatic carbocycles. The smallest absolute Gasteiger partial charge is 0.252 e. The van der Waals surface area contributed by atoms with Crippen LogP contribution < -0.4 is 10.9 Å². The van der Waals surface area contributed by atoms with Crippen LogP contribution >= 0.6 is 0 Å². The van der Waals surface area contributed by atoms with Crippen molar-refractivity contribution in [3.05, 3.63) is 52.3 Å². The molecule has 0 saturated heterocycles. The van der Waals surface area contributed by atoms with E-state index in [1.165, 1.54) is 0 Å². The molecule has 4 heteroatoms. The fourth-order valence-electron chi connectivity index (χ4n) is 2.70. The highest BCUT2D eigenvalue weighted by Crippen LogP contribution is 2.29. The molecule has 1 aromatic carbocycles. The molecule has 1 N–H and O–H groups in total. The van der Waals surface area contributed by atoms with Crippen molar-refractivity contribution in [1.82, 2.24) is 4.57 Å². The van der Waals surface area contributed by atoms with E-state index in [-0.39, 0.29) is 11.3 Å². The quantitative estimate of drug-likeness (QED) is 0.851. The van der Waals surface area contributed by atoms with Crippen molar-refractivity contribution in [3.8, 4) is 11.1 Å². The highest BCUT2D eigenvalue weighted by molar-refractivity contribution is 6.05. The molecule has 102 valence electrons. The molecule has 0 saturated carbocycles. The Morgan fingerprint density at radius 2 is 2.00 bits per heavy atom. The van der Waals surface area contributed by atoms with E-state index in [1.807, 2.05) is 30.3 Å². The third-order valence-electron chi connectivity index (χ3n) is 3.60. The number of fused-ring (bicyclic) bond motifs is 1. The molecule has 4 nitrogen and oxygen atoms in total. The number of carbonyl (C=O) groups is 1. The lowest BCUT2D eigenvalue weighted by Crippen LogP contribution is -2.31. The summed E-state index contributed by atoms with van der Waals surface area (Å²) < 4.78 is 1.66. The minimum absolute atomic E-state index is 0.0259. The molecular formula is C16H16N2O2. The molecular weight excluding hydrogens is 252 g/mol. The van der Waals surface area contributed by atoms with Crippen molar-refractivity contribution in [2.24, 2.45) is 0 Å². The monoisotopic (exact) mass is 268 g/mol. The Kier molecular flexibility index (Phi) is 3.14. The summed E-state index contributed by atoms with van der Waals surface area (Å²) in [6.07, 6.45) is 0.898. The van der Waals surface area contributed by atoms with Gasteiger partial charge in [0.2, 0.25) is 0 Å². The zero-order valence-electron chi connectivity index (χ0n) is 11.3. The summed E-state index contributed by atoms with van der Waals surface area (Å²) in [4.78, 5) is 24.3. The Labute approximate surface area is 117 Å². The maximum atomic E-state index is 12.2. The molecule has 0 bridgehead atoms. The second kappa shape index (κ2) is 4.96. The van der Waals surface area contributed by atoms with Crippen molar-refractivity contribution in [1.29, 1.82) is 0 Å². The predicted molar refractivity (Wildman–Crippen MR) is 79.2 cm³/mol. The molecule has 2 aromatic rings. The number of carbonyl (C=O) groups excluding carboxylic acids is 1. The zero-order chi connectivity index (χ0) is 14.1. The normalized spacial score (nSPS) is 13.4. The lowest BCUT2D eigenvalue weighted by atomic mass is 9.97. The van der Waals surface area contributed by atoms with Gasteiger partial charge in [0.25, 0.3) is 5.56 Å². The van der Waals surface area contributed by atoms with Gasteiger partial charge in [0.15, 0.2) is 5.78 Å². The van der Waals surface area contributed by atoms with E-state index in [2.05, 4.69) is 5.32 Å². The SMILES string of the molecule is CC(=O)c1c(-c2ccccc2)cc(=O)n2c1NCCC2. The summed E-state index contributed by atoms with van der Waals surface area (Å²) >= 11 is 0. The third kappa shape index (κ3) is 2.03. The van der Waals surface area contributed by atoms with E-state index in [1.54, 1.807) is 17.6 Å². The maximum Gasteiger partial charge on any atom is 0.252 e. The van der Waals surface area contributed by atoms with Gasteiger partial charge in [-0.3, -0.25) is 14.2 Å². The molecule has 0 amide bonds. The Bertz CT molecular complexity index is 717. The van der Waals surface area contributed by atoms with Crippen molar-refractivity contribution >= 4 is 11.6 Å². The minimum atomic E-state index is -0.0592. The minimum Gasteiger partial charge on any atom is -0.371 e. The second-order valence-electron chi connectivity index (χ2n) is 4.97. The Balaban J connectivity index is 2.33. The Morgan fingerprint density at radius 3 is 2.70 bits per heavy atom. The average molecular weight is 268 g/mol. The van der Waals surface area contributed by atoms with E-state index in [9.17, 15) is 9.59 Å². The number of nitrogens with one attached hydrogen (secondary N) is 1. The largest absolute Gasteiger partial charge is 0.371 e. The van der Waals surface area contributed by atoms with Crippen LogP contribution in [0.2, 0.25) is 0 Å². The number of anilines is 1. The maximum absolute atomic E-state index is 12.2.